The highest BCUT2D eigenvalue weighted by atomic mass is 16.2. The van der Waals surface area contributed by atoms with E-state index in [0.717, 1.165) is 12.0 Å². The smallest absolute Gasteiger partial charge is 0.323 e. The molecule has 0 fully saturated rings. The molecule has 1 rings (SSSR count). The van der Waals surface area contributed by atoms with Crippen LogP contribution in [-0.2, 0) is 6.42 Å². The first-order chi connectivity index (χ1) is 8.62. The van der Waals surface area contributed by atoms with E-state index in [4.69, 9.17) is 0 Å². The Morgan fingerprint density at radius 3 is 2.67 bits per heavy atom. The van der Waals surface area contributed by atoms with Gasteiger partial charge in [0.1, 0.15) is 5.69 Å². The average Bonchev–Trinajstić information content (AvgIpc) is 2.74. The summed E-state index contributed by atoms with van der Waals surface area (Å²) in [6.45, 7) is 3.98. The van der Waals surface area contributed by atoms with Crippen LogP contribution in [0.5, 0.6) is 0 Å². The lowest BCUT2D eigenvalue weighted by molar-refractivity contribution is 0.0957. The second-order valence-electron chi connectivity index (χ2n) is 3.89. The zero-order chi connectivity index (χ0) is 13.5. The number of rotatable bonds is 5. The number of nitrogens with one attached hydrogen (secondary N) is 3. The molecule has 0 aliphatic carbocycles. The lowest BCUT2D eigenvalue weighted by Gasteiger charge is -2.04. The molecule has 1 heterocycles. The van der Waals surface area contributed by atoms with Gasteiger partial charge in [0.25, 0.3) is 5.91 Å². The Balaban J connectivity index is 3.03. The average molecular weight is 249 g/mol. The highest BCUT2D eigenvalue weighted by Crippen LogP contribution is 2.11. The Bertz CT molecular complexity index is 521. The number of hydrogen-bond acceptors (Lipinski definition) is 2. The third-order valence-corrected chi connectivity index (χ3v) is 2.64. The summed E-state index contributed by atoms with van der Waals surface area (Å²) in [6.07, 6.45) is 7.31. The Morgan fingerprint density at radius 2 is 2.11 bits per heavy atom. The van der Waals surface area contributed by atoms with Crippen molar-refractivity contribution in [2.45, 2.75) is 26.7 Å². The molecule has 1 aromatic rings. The van der Waals surface area contributed by atoms with Crippen LogP contribution < -0.4 is 11.0 Å². The molecule has 1 amide bonds. The van der Waals surface area contributed by atoms with Gasteiger partial charge in [0.05, 0.1) is 5.69 Å². The third kappa shape index (κ3) is 3.48. The monoisotopic (exact) mass is 249 g/mol. The fourth-order valence-corrected chi connectivity index (χ4v) is 1.63. The number of allylic oxidation sites excluding steroid dienone is 4. The van der Waals surface area contributed by atoms with Crippen LogP contribution in [0.3, 0.4) is 0 Å². The SMILES string of the molecule is C/C=C\C=C(/CC)Cc1[nH]c(=O)[nH]c1C(=O)NC. The van der Waals surface area contributed by atoms with Gasteiger partial charge in [-0.1, -0.05) is 30.7 Å². The second-order valence-corrected chi connectivity index (χ2v) is 3.89. The molecule has 0 saturated carbocycles. The molecular formula is C13H19N3O2. The lowest BCUT2D eigenvalue weighted by Crippen LogP contribution is -2.20. The van der Waals surface area contributed by atoms with Crippen molar-refractivity contribution < 1.29 is 4.79 Å². The summed E-state index contributed by atoms with van der Waals surface area (Å²) in [5.41, 5.74) is 1.72. The minimum Gasteiger partial charge on any atom is -0.354 e. The van der Waals surface area contributed by atoms with Gasteiger partial charge in [-0.15, -0.1) is 0 Å². The summed E-state index contributed by atoms with van der Waals surface area (Å²) in [7, 11) is 1.54. The first-order valence-electron chi connectivity index (χ1n) is 5.96. The summed E-state index contributed by atoms with van der Waals surface area (Å²) in [5.74, 6) is -0.287. The molecule has 3 N–H and O–H groups in total. The van der Waals surface area contributed by atoms with Crippen LogP contribution in [0.15, 0.2) is 28.6 Å². The molecule has 0 saturated heterocycles. The fraction of sp³-hybridized carbons (Fsp3) is 0.385. The summed E-state index contributed by atoms with van der Waals surface area (Å²) < 4.78 is 0. The first kappa shape index (κ1) is 14.0. The molecule has 0 spiro atoms. The largest absolute Gasteiger partial charge is 0.354 e. The van der Waals surface area contributed by atoms with Crippen molar-refractivity contribution in [2.24, 2.45) is 0 Å². The summed E-state index contributed by atoms with van der Waals surface area (Å²) in [5, 5.41) is 2.51. The molecule has 5 nitrogen and oxygen atoms in total. The van der Waals surface area contributed by atoms with Crippen LogP contribution in [0.25, 0.3) is 0 Å². The molecular weight excluding hydrogens is 230 g/mol. The van der Waals surface area contributed by atoms with Crippen molar-refractivity contribution in [3.05, 3.63) is 45.7 Å². The van der Waals surface area contributed by atoms with Crippen LogP contribution in [-0.4, -0.2) is 22.9 Å². The number of aromatic amines is 2. The Hall–Kier alpha value is -2.04. The predicted octanol–water partition coefficient (Wildman–Crippen LogP) is 1.52. The van der Waals surface area contributed by atoms with Crippen LogP contribution in [0.4, 0.5) is 0 Å². The van der Waals surface area contributed by atoms with E-state index < -0.39 is 0 Å². The van der Waals surface area contributed by atoms with E-state index in [1.807, 2.05) is 32.1 Å². The van der Waals surface area contributed by atoms with Gasteiger partial charge in [0.2, 0.25) is 0 Å². The fourth-order valence-electron chi connectivity index (χ4n) is 1.63. The minimum absolute atomic E-state index is 0.287. The molecule has 0 radical (unpaired) electrons. The van der Waals surface area contributed by atoms with Gasteiger partial charge in [0.15, 0.2) is 0 Å². The zero-order valence-corrected chi connectivity index (χ0v) is 11.0. The topological polar surface area (TPSA) is 77.8 Å². The van der Waals surface area contributed by atoms with Crippen molar-refractivity contribution in [1.29, 1.82) is 0 Å². The molecule has 18 heavy (non-hydrogen) atoms. The van der Waals surface area contributed by atoms with Gasteiger partial charge < -0.3 is 15.3 Å². The normalized spacial score (nSPS) is 12.1. The van der Waals surface area contributed by atoms with Gasteiger partial charge in [-0.25, -0.2) is 4.79 Å². The van der Waals surface area contributed by atoms with Gasteiger partial charge in [-0.3, -0.25) is 4.79 Å². The van der Waals surface area contributed by atoms with E-state index in [9.17, 15) is 9.59 Å². The molecule has 0 atom stereocenters. The second kappa shape index (κ2) is 6.64. The maximum atomic E-state index is 11.6. The number of aromatic nitrogens is 2. The van der Waals surface area contributed by atoms with Crippen LogP contribution in [0, 0.1) is 0 Å². The van der Waals surface area contributed by atoms with Crippen molar-refractivity contribution in [3.63, 3.8) is 0 Å². The Kier molecular flexibility index (Phi) is 5.17. The first-order valence-corrected chi connectivity index (χ1v) is 5.96. The Morgan fingerprint density at radius 1 is 1.39 bits per heavy atom. The molecule has 0 aromatic carbocycles. The lowest BCUT2D eigenvalue weighted by atomic mass is 10.1. The molecule has 0 bridgehead atoms. The van der Waals surface area contributed by atoms with Gasteiger partial charge >= 0.3 is 5.69 Å². The number of amides is 1. The van der Waals surface area contributed by atoms with Gasteiger partial charge in [-0.2, -0.15) is 0 Å². The number of carbonyl (C=O) groups is 1. The maximum absolute atomic E-state index is 11.6. The standard InChI is InChI=1S/C13H19N3O2/c1-4-6-7-9(5-2)8-10-11(12(17)14-3)16-13(18)15-10/h4,6-7H,5,8H2,1-3H3,(H,14,17)(H2,15,16,18)/b6-4-,9-7+. The quantitative estimate of drug-likeness (QED) is 0.692. The molecule has 0 aliphatic heterocycles. The number of carbonyl (C=O) groups excluding carboxylic acids is 1. The van der Waals surface area contributed by atoms with Crippen LogP contribution in [0.1, 0.15) is 36.5 Å². The molecule has 1 aromatic heterocycles. The van der Waals surface area contributed by atoms with E-state index >= 15 is 0 Å². The minimum atomic E-state index is -0.356. The van der Waals surface area contributed by atoms with E-state index in [-0.39, 0.29) is 11.6 Å². The summed E-state index contributed by atoms with van der Waals surface area (Å²) in [6, 6.07) is 0. The van der Waals surface area contributed by atoms with Crippen molar-refractivity contribution >= 4 is 5.91 Å². The maximum Gasteiger partial charge on any atom is 0.323 e. The van der Waals surface area contributed by atoms with Gasteiger partial charge in [-0.05, 0) is 13.3 Å². The van der Waals surface area contributed by atoms with E-state index in [1.165, 1.54) is 7.05 Å². The van der Waals surface area contributed by atoms with Crippen LogP contribution >= 0.6 is 0 Å². The molecule has 0 aliphatic rings. The van der Waals surface area contributed by atoms with Crippen molar-refractivity contribution in [1.82, 2.24) is 15.3 Å². The zero-order valence-electron chi connectivity index (χ0n) is 11.0. The van der Waals surface area contributed by atoms with E-state index in [2.05, 4.69) is 15.3 Å². The van der Waals surface area contributed by atoms with E-state index in [0.29, 0.717) is 17.8 Å². The Labute approximate surface area is 106 Å². The summed E-state index contributed by atoms with van der Waals surface area (Å²) in [4.78, 5) is 28.1. The number of hydrogen-bond donors (Lipinski definition) is 3. The predicted molar refractivity (Wildman–Crippen MR) is 71.7 cm³/mol. The highest BCUT2D eigenvalue weighted by molar-refractivity contribution is 5.93. The van der Waals surface area contributed by atoms with Gasteiger partial charge in [0, 0.05) is 13.5 Å². The number of imidazole rings is 1. The molecule has 5 heteroatoms. The molecule has 0 unspecified atom stereocenters. The summed E-state index contributed by atoms with van der Waals surface area (Å²) >= 11 is 0. The number of H-pyrrole nitrogens is 2. The van der Waals surface area contributed by atoms with Crippen LogP contribution in [0.2, 0.25) is 0 Å². The van der Waals surface area contributed by atoms with Crippen molar-refractivity contribution in [2.75, 3.05) is 7.05 Å². The third-order valence-electron chi connectivity index (χ3n) is 2.64. The highest BCUT2D eigenvalue weighted by Gasteiger charge is 2.14. The van der Waals surface area contributed by atoms with Crippen molar-refractivity contribution in [3.8, 4) is 0 Å². The molecule has 98 valence electrons. The van der Waals surface area contributed by atoms with E-state index in [1.54, 1.807) is 0 Å².